The van der Waals surface area contributed by atoms with E-state index in [2.05, 4.69) is 0 Å². The van der Waals surface area contributed by atoms with Gasteiger partial charge in [-0.15, -0.1) is 0 Å². The Morgan fingerprint density at radius 1 is 0.816 bits per heavy atom. The third-order valence-electron chi connectivity index (χ3n) is 11.2. The molecule has 8 rings (SSSR count). The van der Waals surface area contributed by atoms with Crippen LogP contribution in [-0.4, -0.2) is 40.5 Å². The van der Waals surface area contributed by atoms with Gasteiger partial charge in [0.2, 0.25) is 11.8 Å². The summed E-state index contributed by atoms with van der Waals surface area (Å²) in [5.41, 5.74) is 2.80. The van der Waals surface area contributed by atoms with Gasteiger partial charge in [0.15, 0.2) is 23.1 Å². The molecule has 3 aliphatic carbocycles. The molecule has 7 heteroatoms. The van der Waals surface area contributed by atoms with Gasteiger partial charge in [-0.1, -0.05) is 109 Å². The lowest BCUT2D eigenvalue weighted by atomic mass is 9.44. The van der Waals surface area contributed by atoms with Gasteiger partial charge < -0.3 is 9.84 Å². The average Bonchev–Trinajstić information content (AvgIpc) is 3.38. The first-order chi connectivity index (χ1) is 23.8. The maximum atomic E-state index is 15.1. The maximum absolute atomic E-state index is 15.1. The van der Waals surface area contributed by atoms with E-state index >= 15 is 4.79 Å². The van der Waals surface area contributed by atoms with Gasteiger partial charge in [0.05, 0.1) is 30.9 Å². The summed E-state index contributed by atoms with van der Waals surface area (Å²) in [6.07, 6.45) is 4.13. The minimum atomic E-state index is -1.34. The normalized spacial score (nSPS) is 27.5. The van der Waals surface area contributed by atoms with Crippen LogP contribution in [0.4, 0.5) is 0 Å². The molecule has 1 saturated carbocycles. The Labute approximate surface area is 284 Å². The monoisotopic (exact) mass is 649 g/mol. The van der Waals surface area contributed by atoms with Crippen molar-refractivity contribution in [2.75, 3.05) is 7.11 Å². The van der Waals surface area contributed by atoms with Crippen molar-refractivity contribution in [1.29, 1.82) is 0 Å². The largest absolute Gasteiger partial charge is 0.504 e. The number of phenolic OH excluding ortho intramolecular Hbond substituents is 1. The molecule has 6 unspecified atom stereocenters. The van der Waals surface area contributed by atoms with Crippen molar-refractivity contribution in [1.82, 2.24) is 4.90 Å². The fourth-order valence-electron chi connectivity index (χ4n) is 9.11. The molecule has 1 saturated heterocycles. The van der Waals surface area contributed by atoms with E-state index in [0.29, 0.717) is 28.7 Å². The van der Waals surface area contributed by atoms with Crippen molar-refractivity contribution < 1.29 is 29.0 Å². The second-order valence-corrected chi connectivity index (χ2v) is 13.5. The number of hydrogen-bond donors (Lipinski definition) is 1. The van der Waals surface area contributed by atoms with E-state index in [4.69, 9.17) is 4.74 Å². The molecule has 4 aliphatic rings. The predicted octanol–water partition coefficient (Wildman–Crippen LogP) is 6.43. The van der Waals surface area contributed by atoms with Crippen LogP contribution in [0.5, 0.6) is 11.5 Å². The summed E-state index contributed by atoms with van der Waals surface area (Å²) in [6.45, 7) is 0.182. The minimum absolute atomic E-state index is 0.0490. The second kappa shape index (κ2) is 11.8. The molecule has 0 bridgehead atoms. The Morgan fingerprint density at radius 2 is 1.49 bits per heavy atom. The van der Waals surface area contributed by atoms with Crippen molar-refractivity contribution in [2.24, 2.45) is 23.7 Å². The number of nitrogens with zero attached hydrogens (tertiary/aromatic N) is 1. The highest BCUT2D eigenvalue weighted by Crippen LogP contribution is 2.64. The van der Waals surface area contributed by atoms with Gasteiger partial charge in [-0.05, 0) is 59.2 Å². The summed E-state index contributed by atoms with van der Waals surface area (Å²) in [4.78, 5) is 59.8. The van der Waals surface area contributed by atoms with Crippen molar-refractivity contribution >= 4 is 29.0 Å². The van der Waals surface area contributed by atoms with E-state index in [1.54, 1.807) is 18.2 Å². The zero-order valence-corrected chi connectivity index (χ0v) is 27.0. The number of hydrogen-bond acceptors (Lipinski definition) is 6. The Morgan fingerprint density at radius 3 is 2.18 bits per heavy atom. The zero-order chi connectivity index (χ0) is 33.9. The first kappa shape index (κ1) is 30.8. The Balaban J connectivity index is 1.34. The van der Waals surface area contributed by atoms with Gasteiger partial charge >= 0.3 is 0 Å². The number of ether oxygens (including phenoxy) is 1. The lowest BCUT2D eigenvalue weighted by Gasteiger charge is -2.55. The summed E-state index contributed by atoms with van der Waals surface area (Å²) in [7, 11) is 1.47. The molecule has 49 heavy (non-hydrogen) atoms. The van der Waals surface area contributed by atoms with E-state index in [1.807, 2.05) is 97.1 Å². The number of ketones is 2. The molecule has 2 fully saturated rings. The van der Waals surface area contributed by atoms with E-state index in [0.717, 1.165) is 11.1 Å². The average molecular weight is 650 g/mol. The maximum Gasteiger partial charge on any atom is 0.234 e. The molecular weight excluding hydrogens is 614 g/mol. The molecule has 2 amide bonds. The molecule has 4 aromatic rings. The van der Waals surface area contributed by atoms with Crippen LogP contribution in [0.3, 0.4) is 0 Å². The fraction of sp³-hybridized carbons (Fsp3) is 0.238. The van der Waals surface area contributed by atoms with Gasteiger partial charge in [-0.2, -0.15) is 0 Å². The van der Waals surface area contributed by atoms with Gasteiger partial charge in [0.25, 0.3) is 0 Å². The molecule has 1 N–H and O–H groups in total. The number of amides is 2. The number of rotatable bonds is 6. The highest BCUT2D eigenvalue weighted by atomic mass is 16.5. The first-order valence-corrected chi connectivity index (χ1v) is 16.7. The van der Waals surface area contributed by atoms with Crippen LogP contribution in [0.2, 0.25) is 0 Å². The number of carbonyl (C=O) groups is 4. The number of Topliss-reactive ketones (excluding diaryl/α,β-unsaturated/α-hetero) is 1. The number of carbonyl (C=O) groups excluding carboxylic acids is 4. The predicted molar refractivity (Wildman–Crippen MR) is 183 cm³/mol. The Kier molecular flexibility index (Phi) is 7.43. The number of fused-ring (bicyclic) bond motifs is 4. The van der Waals surface area contributed by atoms with Gasteiger partial charge in [-0.3, -0.25) is 24.1 Å². The van der Waals surface area contributed by atoms with Crippen LogP contribution in [0, 0.1) is 23.7 Å². The number of benzene rings is 4. The molecule has 0 aromatic heterocycles. The molecule has 7 nitrogen and oxygen atoms in total. The lowest BCUT2D eigenvalue weighted by Crippen LogP contribution is -2.58. The summed E-state index contributed by atoms with van der Waals surface area (Å²) in [5, 5.41) is 10.6. The molecule has 1 heterocycles. The number of likely N-dealkylation sites (tertiary alicyclic amines) is 1. The highest BCUT2D eigenvalue weighted by Gasteiger charge is 2.65. The van der Waals surface area contributed by atoms with Crippen molar-refractivity contribution in [3.05, 3.63) is 149 Å². The Bertz CT molecular complexity index is 2050. The standard InChI is InChI=1S/C42H35NO6/c1-49-35-21-27(17-20-34(35)44)38-29-18-19-30-37(41(48)43(40(30)47)24-25-11-5-2-6-12-25)32(29)22-33-39(46)31(26-13-7-3-8-14-26)23-36(45)42(33,38)28-15-9-4-10-16-28/h2-18,20-21,23,30,32-33,37-38,44H,19,22,24H2,1H3. The summed E-state index contributed by atoms with van der Waals surface area (Å²) in [6, 6.07) is 33.2. The summed E-state index contributed by atoms with van der Waals surface area (Å²) in [5.74, 6) is -3.80. The van der Waals surface area contributed by atoms with E-state index in [9.17, 15) is 19.5 Å². The zero-order valence-electron chi connectivity index (χ0n) is 27.0. The molecule has 6 atom stereocenters. The van der Waals surface area contributed by atoms with Crippen LogP contribution >= 0.6 is 0 Å². The van der Waals surface area contributed by atoms with Gasteiger partial charge in [-0.25, -0.2) is 0 Å². The molecule has 0 spiro atoms. The number of aromatic hydroxyl groups is 1. The number of allylic oxidation sites excluding steroid dienone is 4. The molecular formula is C42H35NO6. The van der Waals surface area contributed by atoms with Crippen LogP contribution < -0.4 is 4.74 Å². The summed E-state index contributed by atoms with van der Waals surface area (Å²) < 4.78 is 5.54. The minimum Gasteiger partial charge on any atom is -0.504 e. The SMILES string of the molecule is COc1cc(C2C3=CCC4C(=O)N(Cc5ccccc5)C(=O)C4C3CC3C(=O)C(c4ccccc4)=CC(=O)C32c2ccccc2)ccc1O. The number of imide groups is 1. The van der Waals surface area contributed by atoms with E-state index < -0.39 is 35.0 Å². The summed E-state index contributed by atoms with van der Waals surface area (Å²) >= 11 is 0. The van der Waals surface area contributed by atoms with Crippen molar-refractivity contribution in [3.8, 4) is 11.5 Å². The first-order valence-electron chi connectivity index (χ1n) is 16.7. The van der Waals surface area contributed by atoms with E-state index in [-0.39, 0.29) is 47.8 Å². The van der Waals surface area contributed by atoms with Crippen LogP contribution in [0.25, 0.3) is 5.57 Å². The number of methoxy groups -OCH3 is 1. The molecule has 0 radical (unpaired) electrons. The van der Waals surface area contributed by atoms with Crippen molar-refractivity contribution in [3.63, 3.8) is 0 Å². The third kappa shape index (κ3) is 4.63. The van der Waals surface area contributed by atoms with Crippen LogP contribution in [0.15, 0.2) is 127 Å². The topological polar surface area (TPSA) is 101 Å². The molecule has 1 aliphatic heterocycles. The second-order valence-electron chi connectivity index (χ2n) is 13.5. The highest BCUT2D eigenvalue weighted by molar-refractivity contribution is 6.31. The number of phenols is 1. The lowest BCUT2D eigenvalue weighted by molar-refractivity contribution is -0.141. The van der Waals surface area contributed by atoms with E-state index in [1.165, 1.54) is 18.1 Å². The smallest absolute Gasteiger partial charge is 0.234 e. The van der Waals surface area contributed by atoms with Crippen LogP contribution in [-0.2, 0) is 31.1 Å². The van der Waals surface area contributed by atoms with Gasteiger partial charge in [0, 0.05) is 17.4 Å². The third-order valence-corrected chi connectivity index (χ3v) is 11.2. The fourth-order valence-corrected chi connectivity index (χ4v) is 9.11. The Hall–Kier alpha value is -5.56. The van der Waals surface area contributed by atoms with Crippen LogP contribution in [0.1, 0.15) is 41.0 Å². The molecule has 244 valence electrons. The molecule has 4 aromatic carbocycles. The van der Waals surface area contributed by atoms with Crippen molar-refractivity contribution in [2.45, 2.75) is 30.7 Å². The quantitative estimate of drug-likeness (QED) is 0.191. The van der Waals surface area contributed by atoms with Gasteiger partial charge in [0.1, 0.15) is 0 Å².